The summed E-state index contributed by atoms with van der Waals surface area (Å²) in [5, 5.41) is 10.2. The topological polar surface area (TPSA) is 96.4 Å². The molecule has 2 N–H and O–H groups in total. The van der Waals surface area contributed by atoms with Crippen LogP contribution in [0.3, 0.4) is 0 Å². The summed E-state index contributed by atoms with van der Waals surface area (Å²) < 4.78 is 27.6. The van der Waals surface area contributed by atoms with Crippen molar-refractivity contribution in [2.45, 2.75) is 4.90 Å². The summed E-state index contributed by atoms with van der Waals surface area (Å²) >= 11 is 0. The fourth-order valence-electron chi connectivity index (χ4n) is 2.22. The number of fused-ring (bicyclic) bond motifs is 1. The van der Waals surface area contributed by atoms with Crippen LogP contribution in [0.2, 0.25) is 0 Å². The summed E-state index contributed by atoms with van der Waals surface area (Å²) in [7, 11) is -3.81. The highest BCUT2D eigenvalue weighted by Gasteiger charge is 2.17. The van der Waals surface area contributed by atoms with E-state index in [1.807, 2.05) is 18.2 Å². The first-order valence-electron chi connectivity index (χ1n) is 6.67. The third-order valence-electron chi connectivity index (χ3n) is 3.27. The van der Waals surface area contributed by atoms with Crippen LogP contribution in [0.25, 0.3) is 10.8 Å². The van der Waals surface area contributed by atoms with Gasteiger partial charge in [0.25, 0.3) is 10.0 Å². The molecular formula is C16H12N2O4S. The predicted molar refractivity (Wildman–Crippen MR) is 86.0 cm³/mol. The lowest BCUT2D eigenvalue weighted by atomic mass is 10.1. The maximum absolute atomic E-state index is 12.6. The fourth-order valence-corrected chi connectivity index (χ4v) is 3.50. The Hall–Kier alpha value is -2.93. The van der Waals surface area contributed by atoms with E-state index in [1.165, 1.54) is 24.4 Å². The van der Waals surface area contributed by atoms with Crippen LogP contribution < -0.4 is 4.72 Å². The van der Waals surface area contributed by atoms with Gasteiger partial charge in [-0.1, -0.05) is 36.4 Å². The second-order valence-electron chi connectivity index (χ2n) is 4.82. The molecule has 0 aliphatic carbocycles. The molecule has 7 heteroatoms. The zero-order valence-corrected chi connectivity index (χ0v) is 12.6. The number of sulfonamides is 1. The fraction of sp³-hybridized carbons (Fsp3) is 0. The van der Waals surface area contributed by atoms with Crippen LogP contribution >= 0.6 is 0 Å². The number of rotatable bonds is 4. The number of aromatic nitrogens is 1. The number of anilines is 1. The van der Waals surface area contributed by atoms with E-state index in [4.69, 9.17) is 5.11 Å². The number of aromatic carboxylic acids is 1. The van der Waals surface area contributed by atoms with Crippen LogP contribution in [0.1, 0.15) is 10.5 Å². The molecule has 0 radical (unpaired) electrons. The van der Waals surface area contributed by atoms with Crippen molar-refractivity contribution >= 4 is 32.5 Å². The molecule has 1 aromatic heterocycles. The minimum absolute atomic E-state index is 0.151. The summed E-state index contributed by atoms with van der Waals surface area (Å²) in [5.74, 6) is -1.17. The number of hydrogen-bond acceptors (Lipinski definition) is 4. The highest BCUT2D eigenvalue weighted by Crippen LogP contribution is 2.24. The summed E-state index contributed by atoms with van der Waals surface area (Å²) in [6, 6.07) is 14.8. The van der Waals surface area contributed by atoms with Crippen LogP contribution in [-0.2, 0) is 10.0 Å². The number of carboxylic acids is 1. The molecule has 0 aliphatic heterocycles. The van der Waals surface area contributed by atoms with Crippen LogP contribution in [0, 0.1) is 0 Å². The van der Waals surface area contributed by atoms with Crippen LogP contribution in [0.5, 0.6) is 0 Å². The molecule has 0 spiro atoms. The minimum atomic E-state index is -3.81. The monoisotopic (exact) mass is 328 g/mol. The third kappa shape index (κ3) is 3.00. The number of benzene rings is 2. The van der Waals surface area contributed by atoms with Crippen molar-refractivity contribution in [3.8, 4) is 0 Å². The smallest absolute Gasteiger partial charge is 0.354 e. The maximum atomic E-state index is 12.6. The van der Waals surface area contributed by atoms with Gasteiger partial charge in [0, 0.05) is 5.39 Å². The summed E-state index contributed by atoms with van der Waals surface area (Å²) in [5.41, 5.74) is 0.0426. The Labute approximate surface area is 132 Å². The SMILES string of the molecule is O=C(O)c1ccc(NS(=O)(=O)c2cccc3ccccc23)cn1. The first kappa shape index (κ1) is 15.0. The van der Waals surface area contributed by atoms with Gasteiger partial charge in [0.1, 0.15) is 5.69 Å². The molecule has 0 fully saturated rings. The van der Waals surface area contributed by atoms with Crippen LogP contribution in [-0.4, -0.2) is 24.5 Å². The van der Waals surface area contributed by atoms with Gasteiger partial charge in [-0.25, -0.2) is 18.2 Å². The number of carbonyl (C=O) groups is 1. The van der Waals surface area contributed by atoms with Gasteiger partial charge in [-0.2, -0.15) is 0 Å². The first-order valence-corrected chi connectivity index (χ1v) is 8.16. The Morgan fingerprint density at radius 1 is 1.00 bits per heavy atom. The van der Waals surface area contributed by atoms with Gasteiger partial charge in [0.2, 0.25) is 0 Å². The molecule has 3 aromatic rings. The molecule has 0 aliphatic rings. The lowest BCUT2D eigenvalue weighted by Gasteiger charge is -2.10. The quantitative estimate of drug-likeness (QED) is 0.767. The van der Waals surface area contributed by atoms with E-state index in [0.717, 1.165) is 5.39 Å². The Bertz CT molecular complexity index is 977. The van der Waals surface area contributed by atoms with Gasteiger partial charge >= 0.3 is 5.97 Å². The third-order valence-corrected chi connectivity index (χ3v) is 4.71. The normalized spacial score (nSPS) is 11.3. The number of nitrogens with one attached hydrogen (secondary N) is 1. The average Bonchev–Trinajstić information content (AvgIpc) is 2.54. The van der Waals surface area contributed by atoms with E-state index in [0.29, 0.717) is 5.39 Å². The van der Waals surface area contributed by atoms with Gasteiger partial charge in [0.05, 0.1) is 16.8 Å². The molecule has 0 atom stereocenters. The number of hydrogen-bond donors (Lipinski definition) is 2. The van der Waals surface area contributed by atoms with Crippen molar-refractivity contribution in [2.75, 3.05) is 4.72 Å². The van der Waals surface area contributed by atoms with Crippen molar-refractivity contribution in [2.24, 2.45) is 0 Å². The van der Waals surface area contributed by atoms with Crippen LogP contribution in [0.4, 0.5) is 5.69 Å². The Morgan fingerprint density at radius 3 is 2.43 bits per heavy atom. The molecule has 1 heterocycles. The molecule has 3 rings (SSSR count). The lowest BCUT2D eigenvalue weighted by molar-refractivity contribution is 0.0690. The van der Waals surface area contributed by atoms with Gasteiger partial charge in [0.15, 0.2) is 0 Å². The summed E-state index contributed by atoms with van der Waals surface area (Å²) in [4.78, 5) is 14.6. The number of carboxylic acid groups (broad SMARTS) is 1. The number of pyridine rings is 1. The second kappa shape index (κ2) is 5.69. The molecule has 23 heavy (non-hydrogen) atoms. The average molecular weight is 328 g/mol. The molecule has 0 unspecified atom stereocenters. The van der Waals surface area contributed by atoms with Gasteiger partial charge in [-0.3, -0.25) is 4.72 Å². The summed E-state index contributed by atoms with van der Waals surface area (Å²) in [6.45, 7) is 0. The molecular weight excluding hydrogens is 316 g/mol. The minimum Gasteiger partial charge on any atom is -0.477 e. The Morgan fingerprint density at radius 2 is 1.74 bits per heavy atom. The summed E-state index contributed by atoms with van der Waals surface area (Å²) in [6.07, 6.45) is 1.17. The second-order valence-corrected chi connectivity index (χ2v) is 6.47. The molecule has 0 saturated heterocycles. The van der Waals surface area contributed by atoms with Crippen molar-refractivity contribution in [1.29, 1.82) is 0 Å². The van der Waals surface area contributed by atoms with E-state index < -0.39 is 16.0 Å². The van der Waals surface area contributed by atoms with Gasteiger partial charge in [-0.05, 0) is 23.6 Å². The highest BCUT2D eigenvalue weighted by atomic mass is 32.2. The molecule has 0 bridgehead atoms. The largest absolute Gasteiger partial charge is 0.477 e. The Kier molecular flexibility index (Phi) is 3.71. The van der Waals surface area contributed by atoms with Gasteiger partial charge in [-0.15, -0.1) is 0 Å². The van der Waals surface area contributed by atoms with E-state index in [9.17, 15) is 13.2 Å². The standard InChI is InChI=1S/C16H12N2O4S/c19-16(20)14-9-8-12(10-17-14)18-23(21,22)15-7-3-5-11-4-1-2-6-13(11)15/h1-10,18H,(H,19,20). The first-order chi connectivity index (χ1) is 11.0. The van der Waals surface area contributed by atoms with Crippen molar-refractivity contribution < 1.29 is 18.3 Å². The van der Waals surface area contributed by atoms with Crippen molar-refractivity contribution in [3.63, 3.8) is 0 Å². The van der Waals surface area contributed by atoms with E-state index in [-0.39, 0.29) is 16.3 Å². The Balaban J connectivity index is 1.99. The van der Waals surface area contributed by atoms with E-state index in [2.05, 4.69) is 9.71 Å². The molecule has 2 aromatic carbocycles. The lowest BCUT2D eigenvalue weighted by Crippen LogP contribution is -2.14. The zero-order valence-electron chi connectivity index (χ0n) is 11.8. The van der Waals surface area contributed by atoms with E-state index in [1.54, 1.807) is 18.2 Å². The van der Waals surface area contributed by atoms with Crippen LogP contribution in [0.15, 0.2) is 65.7 Å². The molecule has 6 nitrogen and oxygen atoms in total. The number of nitrogens with zero attached hydrogens (tertiary/aromatic N) is 1. The maximum Gasteiger partial charge on any atom is 0.354 e. The molecule has 116 valence electrons. The predicted octanol–water partition coefficient (Wildman–Crippen LogP) is 2.73. The van der Waals surface area contributed by atoms with Gasteiger partial charge < -0.3 is 5.11 Å². The zero-order chi connectivity index (χ0) is 16.4. The van der Waals surface area contributed by atoms with Crippen molar-refractivity contribution in [3.05, 3.63) is 66.5 Å². The van der Waals surface area contributed by atoms with E-state index >= 15 is 0 Å². The molecule has 0 saturated carbocycles. The molecule has 0 amide bonds. The van der Waals surface area contributed by atoms with Crippen molar-refractivity contribution in [1.82, 2.24) is 4.98 Å². The highest BCUT2D eigenvalue weighted by molar-refractivity contribution is 7.93.